The van der Waals surface area contributed by atoms with Crippen molar-refractivity contribution in [1.29, 1.82) is 5.26 Å². The number of rotatable bonds is 12. The number of nitriles is 1. The smallest absolute Gasteiger partial charge is 0.174 e. The molecule has 6 nitrogen and oxygen atoms in total. The molecule has 42 heavy (non-hydrogen) atoms. The molecular weight excluding hydrogens is 534 g/mol. The molecule has 0 spiro atoms. The van der Waals surface area contributed by atoms with E-state index in [-0.39, 0.29) is 22.6 Å². The van der Waals surface area contributed by atoms with Gasteiger partial charge in [0.15, 0.2) is 17.9 Å². The topological polar surface area (TPSA) is 94.6 Å². The first kappa shape index (κ1) is 28.7. The Hall–Kier alpha value is -4.77. The van der Waals surface area contributed by atoms with Crippen LogP contribution in [0.15, 0.2) is 67.0 Å². The lowest BCUT2D eigenvalue weighted by Crippen LogP contribution is -2.24. The zero-order valence-corrected chi connectivity index (χ0v) is 23.6. The maximum Gasteiger partial charge on any atom is 0.174 e. The summed E-state index contributed by atoms with van der Waals surface area (Å²) in [5.74, 6) is -0.968. The van der Waals surface area contributed by atoms with E-state index in [9.17, 15) is 9.18 Å². The van der Waals surface area contributed by atoms with E-state index >= 15 is 4.39 Å². The summed E-state index contributed by atoms with van der Waals surface area (Å²) >= 11 is 0. The Morgan fingerprint density at radius 3 is 2.67 bits per heavy atom. The second-order valence-corrected chi connectivity index (χ2v) is 10.8. The van der Waals surface area contributed by atoms with Gasteiger partial charge < -0.3 is 14.7 Å². The van der Waals surface area contributed by atoms with Crippen molar-refractivity contribution >= 4 is 17.2 Å². The highest BCUT2D eigenvalue weighted by molar-refractivity contribution is 6.00. The Morgan fingerprint density at radius 1 is 1.05 bits per heavy atom. The van der Waals surface area contributed by atoms with Gasteiger partial charge in [0.1, 0.15) is 17.4 Å². The zero-order valence-electron chi connectivity index (χ0n) is 23.6. The standard InChI is InChI=1S/C34H32F2N4O2/c1-22-9-8-10-23(17-22)34(2,14-6-4-3-5-7-15-37)31-20-39-33(40-31)26-18-24(11-12-28(26)35)42-32-27(21-41)25-13-16-38-30(25)19-29(32)36/h8-13,16-21,38H,3-7,14H2,1-2H3,(H,39,40). The summed E-state index contributed by atoms with van der Waals surface area (Å²) in [7, 11) is 0. The van der Waals surface area contributed by atoms with Crippen LogP contribution in [0.3, 0.4) is 0 Å². The molecule has 2 heterocycles. The number of nitrogens with one attached hydrogen (secondary N) is 2. The van der Waals surface area contributed by atoms with Gasteiger partial charge >= 0.3 is 0 Å². The number of hydrogen-bond donors (Lipinski definition) is 2. The van der Waals surface area contributed by atoms with Crippen molar-refractivity contribution < 1.29 is 18.3 Å². The van der Waals surface area contributed by atoms with Crippen LogP contribution < -0.4 is 4.74 Å². The number of ether oxygens (including phenoxy) is 1. The molecule has 3 aromatic carbocycles. The fraction of sp³-hybridized carbons (Fsp3) is 0.265. The first-order valence-corrected chi connectivity index (χ1v) is 14.1. The molecule has 1 unspecified atom stereocenters. The van der Waals surface area contributed by atoms with Crippen molar-refractivity contribution in [2.24, 2.45) is 0 Å². The number of halogens is 2. The lowest BCUT2D eigenvalue weighted by molar-refractivity contribution is 0.112. The zero-order chi connectivity index (χ0) is 29.7. The molecule has 0 bridgehead atoms. The molecule has 8 heteroatoms. The highest BCUT2D eigenvalue weighted by Gasteiger charge is 2.31. The van der Waals surface area contributed by atoms with Gasteiger partial charge in [0.05, 0.1) is 17.2 Å². The van der Waals surface area contributed by atoms with Gasteiger partial charge in [-0.25, -0.2) is 13.8 Å². The van der Waals surface area contributed by atoms with Gasteiger partial charge in [-0.1, -0.05) is 49.1 Å². The Bertz CT molecular complexity index is 1770. The van der Waals surface area contributed by atoms with Crippen molar-refractivity contribution in [3.63, 3.8) is 0 Å². The van der Waals surface area contributed by atoms with E-state index < -0.39 is 17.0 Å². The molecule has 2 N–H and O–H groups in total. The van der Waals surface area contributed by atoms with Crippen molar-refractivity contribution in [2.45, 2.75) is 57.8 Å². The quantitative estimate of drug-likeness (QED) is 0.116. The maximum absolute atomic E-state index is 15.1. The van der Waals surface area contributed by atoms with Gasteiger partial charge in [-0.2, -0.15) is 5.26 Å². The van der Waals surface area contributed by atoms with Crippen LogP contribution >= 0.6 is 0 Å². The van der Waals surface area contributed by atoms with E-state index in [1.165, 1.54) is 24.3 Å². The van der Waals surface area contributed by atoms with Gasteiger partial charge in [-0.05, 0) is 56.5 Å². The lowest BCUT2D eigenvalue weighted by atomic mass is 9.75. The Labute approximate surface area is 243 Å². The number of unbranched alkanes of at least 4 members (excludes halogenated alkanes) is 4. The van der Waals surface area contributed by atoms with E-state index in [2.05, 4.69) is 53.1 Å². The van der Waals surface area contributed by atoms with Gasteiger partial charge in [-0.15, -0.1) is 0 Å². The Balaban J connectivity index is 1.46. The number of aromatic nitrogens is 3. The van der Waals surface area contributed by atoms with Crippen molar-refractivity contribution in [3.05, 3.63) is 101 Å². The average molecular weight is 567 g/mol. The number of fused-ring (bicyclic) bond motifs is 1. The van der Waals surface area contributed by atoms with Crippen LogP contribution in [-0.2, 0) is 5.41 Å². The predicted molar refractivity (Wildman–Crippen MR) is 159 cm³/mol. The van der Waals surface area contributed by atoms with Gasteiger partial charge in [-0.3, -0.25) is 4.79 Å². The number of aromatic amines is 2. The average Bonchev–Trinajstić information content (AvgIpc) is 3.66. The molecular formula is C34H32F2N4O2. The number of imidazole rings is 1. The Kier molecular flexibility index (Phi) is 8.48. The number of aldehydes is 1. The number of carbonyl (C=O) groups excluding carboxylic acids is 1. The monoisotopic (exact) mass is 566 g/mol. The summed E-state index contributed by atoms with van der Waals surface area (Å²) in [6.45, 7) is 4.21. The minimum absolute atomic E-state index is 0.0685. The number of aryl methyl sites for hydroxylation is 1. The van der Waals surface area contributed by atoms with Crippen LogP contribution in [0.1, 0.15) is 72.6 Å². The molecule has 0 amide bonds. The number of nitrogens with zero attached hydrogens (tertiary/aromatic N) is 2. The second-order valence-electron chi connectivity index (χ2n) is 10.8. The maximum atomic E-state index is 15.1. The summed E-state index contributed by atoms with van der Waals surface area (Å²) in [6.07, 6.45) is 9.16. The first-order valence-electron chi connectivity index (χ1n) is 14.1. The molecule has 5 rings (SSSR count). The fourth-order valence-electron chi connectivity index (χ4n) is 5.47. The van der Waals surface area contributed by atoms with E-state index in [1.807, 2.05) is 6.07 Å². The van der Waals surface area contributed by atoms with Crippen LogP contribution in [0.25, 0.3) is 22.3 Å². The van der Waals surface area contributed by atoms with Crippen molar-refractivity contribution in [2.75, 3.05) is 0 Å². The van der Waals surface area contributed by atoms with Crippen LogP contribution in [0.5, 0.6) is 11.5 Å². The third-order valence-corrected chi connectivity index (χ3v) is 7.87. The summed E-state index contributed by atoms with van der Waals surface area (Å²) in [6, 6.07) is 17.5. The molecule has 214 valence electrons. The van der Waals surface area contributed by atoms with Crippen molar-refractivity contribution in [3.8, 4) is 29.0 Å². The number of carbonyl (C=O) groups is 1. The first-order chi connectivity index (χ1) is 20.3. The fourth-order valence-corrected chi connectivity index (χ4v) is 5.47. The molecule has 0 aliphatic rings. The molecule has 5 aromatic rings. The van der Waals surface area contributed by atoms with E-state index in [1.54, 1.807) is 18.5 Å². The summed E-state index contributed by atoms with van der Waals surface area (Å²) < 4.78 is 35.9. The highest BCUT2D eigenvalue weighted by atomic mass is 19.1. The summed E-state index contributed by atoms with van der Waals surface area (Å²) in [4.78, 5) is 22.6. The van der Waals surface area contributed by atoms with Crippen molar-refractivity contribution in [1.82, 2.24) is 15.0 Å². The normalized spacial score (nSPS) is 12.6. The van der Waals surface area contributed by atoms with E-state index in [0.29, 0.717) is 29.4 Å². The molecule has 1 atom stereocenters. The van der Waals surface area contributed by atoms with Crippen LogP contribution in [-0.4, -0.2) is 21.2 Å². The van der Waals surface area contributed by atoms with Crippen LogP contribution in [0.4, 0.5) is 8.78 Å². The summed E-state index contributed by atoms with van der Waals surface area (Å²) in [5.41, 5.74) is 3.41. The number of H-pyrrole nitrogens is 2. The third-order valence-electron chi connectivity index (χ3n) is 7.87. The largest absolute Gasteiger partial charge is 0.453 e. The second kappa shape index (κ2) is 12.4. The van der Waals surface area contributed by atoms with E-state index in [0.717, 1.165) is 48.9 Å². The van der Waals surface area contributed by atoms with Gasteiger partial charge in [0.25, 0.3) is 0 Å². The summed E-state index contributed by atoms with van der Waals surface area (Å²) in [5, 5.41) is 9.35. The van der Waals surface area contributed by atoms with Crippen LogP contribution in [0.2, 0.25) is 0 Å². The molecule has 0 saturated heterocycles. The minimum Gasteiger partial charge on any atom is -0.453 e. The lowest BCUT2D eigenvalue weighted by Gasteiger charge is -2.30. The molecule has 0 aliphatic carbocycles. The molecule has 0 saturated carbocycles. The molecule has 0 aliphatic heterocycles. The molecule has 0 radical (unpaired) electrons. The third kappa shape index (κ3) is 5.82. The minimum atomic E-state index is -0.709. The number of benzene rings is 3. The SMILES string of the molecule is Cc1cccc(C(C)(CCCCCCC#N)c2cnc(-c3cc(Oc4c(F)cc5[nH]ccc5c4C=O)ccc3F)[nH]2)c1. The molecule has 2 aromatic heterocycles. The number of hydrogen-bond acceptors (Lipinski definition) is 4. The van der Waals surface area contributed by atoms with Gasteiger partial charge in [0.2, 0.25) is 0 Å². The van der Waals surface area contributed by atoms with E-state index in [4.69, 9.17) is 10.00 Å². The Morgan fingerprint density at radius 2 is 1.88 bits per heavy atom. The highest BCUT2D eigenvalue weighted by Crippen LogP contribution is 2.39. The van der Waals surface area contributed by atoms with Gasteiger partial charge in [0, 0.05) is 46.9 Å². The molecule has 0 fully saturated rings. The van der Waals surface area contributed by atoms with Crippen LogP contribution in [0, 0.1) is 29.9 Å². The predicted octanol–water partition coefficient (Wildman–Crippen LogP) is 8.92.